The van der Waals surface area contributed by atoms with Gasteiger partial charge in [-0.15, -0.1) is 10.2 Å². The van der Waals surface area contributed by atoms with Crippen LogP contribution in [-0.2, 0) is 24.1 Å². The van der Waals surface area contributed by atoms with Gasteiger partial charge in [0.05, 0.1) is 12.1 Å². The summed E-state index contributed by atoms with van der Waals surface area (Å²) in [5.41, 5.74) is 4.27. The van der Waals surface area contributed by atoms with Crippen molar-refractivity contribution in [1.29, 1.82) is 0 Å². The normalized spacial score (nSPS) is 20.0. The smallest absolute Gasteiger partial charge is 0.371 e. The topological polar surface area (TPSA) is 67.2 Å². The van der Waals surface area contributed by atoms with Crippen LogP contribution in [-0.4, -0.2) is 50.2 Å². The summed E-state index contributed by atoms with van der Waals surface area (Å²) >= 11 is 0. The van der Waals surface area contributed by atoms with Crippen LogP contribution in [0.1, 0.15) is 25.0 Å². The van der Waals surface area contributed by atoms with Crippen LogP contribution in [0, 0.1) is 11.8 Å². The van der Waals surface area contributed by atoms with Crippen molar-refractivity contribution in [3.05, 3.63) is 72.4 Å². The molecule has 6 rings (SSSR count). The molecule has 4 heterocycles. The first-order valence-corrected chi connectivity index (χ1v) is 12.8. The molecule has 0 bridgehead atoms. The van der Waals surface area contributed by atoms with E-state index in [1.54, 1.807) is 4.90 Å². The molecule has 7 nitrogen and oxygen atoms in total. The Kier molecular flexibility index (Phi) is 6.04. The Morgan fingerprint density at radius 2 is 1.79 bits per heavy atom. The number of hydrogen-bond donors (Lipinski definition) is 0. The number of aromatic nitrogens is 4. The second-order valence-corrected chi connectivity index (χ2v) is 10.1. The van der Waals surface area contributed by atoms with Crippen LogP contribution in [0.2, 0.25) is 0 Å². The summed E-state index contributed by atoms with van der Waals surface area (Å²) in [6, 6.07) is 18.5. The molecule has 196 valence electrons. The van der Waals surface area contributed by atoms with E-state index in [0.29, 0.717) is 19.5 Å². The van der Waals surface area contributed by atoms with Gasteiger partial charge in [0, 0.05) is 49.4 Å². The molecule has 0 spiro atoms. The molecule has 38 heavy (non-hydrogen) atoms. The number of carbonyl (C=O) groups excluding carboxylic acids is 1. The number of carbonyl (C=O) groups is 1. The van der Waals surface area contributed by atoms with Crippen LogP contribution in [0.25, 0.3) is 22.0 Å². The molecule has 1 amide bonds. The first-order chi connectivity index (χ1) is 18.3. The van der Waals surface area contributed by atoms with E-state index in [1.807, 2.05) is 30.5 Å². The van der Waals surface area contributed by atoms with E-state index in [0.717, 1.165) is 32.3 Å². The minimum Gasteiger partial charge on any atom is -0.371 e. The summed E-state index contributed by atoms with van der Waals surface area (Å²) in [5.74, 6) is -0.955. The number of piperidine rings is 1. The highest BCUT2D eigenvalue weighted by Crippen LogP contribution is 2.35. The summed E-state index contributed by atoms with van der Waals surface area (Å²) in [4.78, 5) is 22.0. The summed E-state index contributed by atoms with van der Waals surface area (Å²) in [5, 5.41) is 8.10. The Labute approximate surface area is 217 Å². The van der Waals surface area contributed by atoms with Gasteiger partial charge in [0.15, 0.2) is 5.82 Å². The summed E-state index contributed by atoms with van der Waals surface area (Å²) in [6.07, 6.45) is -2.06. The maximum atomic E-state index is 13.4. The summed E-state index contributed by atoms with van der Waals surface area (Å²) < 4.78 is 40.6. The summed E-state index contributed by atoms with van der Waals surface area (Å²) in [6.45, 7) is 3.80. The van der Waals surface area contributed by atoms with Gasteiger partial charge in [-0.2, -0.15) is 13.2 Å². The average Bonchev–Trinajstić information content (AvgIpc) is 3.37. The maximum Gasteiger partial charge on any atom is 0.451 e. The van der Waals surface area contributed by atoms with Gasteiger partial charge >= 0.3 is 6.18 Å². The molecule has 0 aliphatic carbocycles. The number of halogens is 3. The molecule has 2 aromatic heterocycles. The largest absolute Gasteiger partial charge is 0.451 e. The fraction of sp³-hybridized carbons (Fsp3) is 0.357. The standard InChI is InChI=1S/C28H27F3N6O/c1-18-16-35(24-9-11-32-23-15-20(7-8-22(23)24)19-5-3-2-4-6-19)12-10-21(18)26(38)36-13-14-37-25(17-36)33-34-27(37)28(29,30)31/h2-9,11,15,18,21H,10,12-14,16-17H2,1H3. The number of anilines is 1. The van der Waals surface area contributed by atoms with Gasteiger partial charge < -0.3 is 14.4 Å². The molecule has 2 atom stereocenters. The van der Waals surface area contributed by atoms with Crippen molar-refractivity contribution in [2.24, 2.45) is 11.8 Å². The molecule has 0 radical (unpaired) electrons. The van der Waals surface area contributed by atoms with Crippen LogP contribution in [0.4, 0.5) is 18.9 Å². The van der Waals surface area contributed by atoms with Crippen molar-refractivity contribution in [1.82, 2.24) is 24.6 Å². The molecule has 2 aliphatic rings. The number of amides is 1. The monoisotopic (exact) mass is 520 g/mol. The van der Waals surface area contributed by atoms with Gasteiger partial charge in [-0.25, -0.2) is 0 Å². The lowest BCUT2D eigenvalue weighted by Crippen LogP contribution is -2.49. The Balaban J connectivity index is 1.17. The van der Waals surface area contributed by atoms with Crippen LogP contribution in [0.5, 0.6) is 0 Å². The highest BCUT2D eigenvalue weighted by Gasteiger charge is 2.41. The van der Waals surface area contributed by atoms with Gasteiger partial charge in [0.2, 0.25) is 11.7 Å². The fourth-order valence-corrected chi connectivity index (χ4v) is 5.74. The van der Waals surface area contributed by atoms with E-state index in [9.17, 15) is 18.0 Å². The van der Waals surface area contributed by atoms with Crippen molar-refractivity contribution < 1.29 is 18.0 Å². The molecule has 0 N–H and O–H groups in total. The molecule has 1 saturated heterocycles. The van der Waals surface area contributed by atoms with E-state index in [1.165, 1.54) is 0 Å². The number of rotatable bonds is 3. The molecule has 4 aromatic rings. The molecule has 10 heteroatoms. The number of alkyl halides is 3. The Bertz CT molecular complexity index is 1490. The number of pyridine rings is 1. The van der Waals surface area contributed by atoms with E-state index in [4.69, 9.17) is 0 Å². The lowest BCUT2D eigenvalue weighted by atomic mass is 9.85. The third-order valence-electron chi connectivity index (χ3n) is 7.71. The lowest BCUT2D eigenvalue weighted by Gasteiger charge is -2.40. The third-order valence-corrected chi connectivity index (χ3v) is 7.71. The van der Waals surface area contributed by atoms with Crippen molar-refractivity contribution in [3.8, 4) is 11.1 Å². The van der Waals surface area contributed by atoms with Crippen molar-refractivity contribution in [3.63, 3.8) is 0 Å². The number of fused-ring (bicyclic) bond motifs is 2. The van der Waals surface area contributed by atoms with Crippen molar-refractivity contribution >= 4 is 22.5 Å². The first kappa shape index (κ1) is 24.4. The Morgan fingerprint density at radius 1 is 0.974 bits per heavy atom. The molecule has 1 fully saturated rings. The van der Waals surface area contributed by atoms with E-state index in [2.05, 4.69) is 57.3 Å². The molecule has 2 unspecified atom stereocenters. The minimum atomic E-state index is -4.56. The van der Waals surface area contributed by atoms with Gasteiger partial charge in [0.1, 0.15) is 0 Å². The van der Waals surface area contributed by atoms with E-state index in [-0.39, 0.29) is 43.2 Å². The molecular formula is C28H27F3N6O. The lowest BCUT2D eigenvalue weighted by molar-refractivity contribution is -0.148. The molecular weight excluding hydrogens is 493 g/mol. The van der Waals surface area contributed by atoms with Crippen LogP contribution in [0.3, 0.4) is 0 Å². The van der Waals surface area contributed by atoms with Crippen molar-refractivity contribution in [2.75, 3.05) is 24.5 Å². The van der Waals surface area contributed by atoms with Crippen LogP contribution >= 0.6 is 0 Å². The van der Waals surface area contributed by atoms with Gasteiger partial charge in [0.25, 0.3) is 0 Å². The number of benzene rings is 2. The highest BCUT2D eigenvalue weighted by molar-refractivity contribution is 5.94. The summed E-state index contributed by atoms with van der Waals surface area (Å²) in [7, 11) is 0. The quantitative estimate of drug-likeness (QED) is 0.380. The van der Waals surface area contributed by atoms with Gasteiger partial charge in [-0.1, -0.05) is 49.4 Å². The highest BCUT2D eigenvalue weighted by atomic mass is 19.4. The molecule has 2 aliphatic heterocycles. The number of hydrogen-bond acceptors (Lipinski definition) is 5. The predicted molar refractivity (Wildman–Crippen MR) is 137 cm³/mol. The average molecular weight is 521 g/mol. The van der Waals surface area contributed by atoms with E-state index < -0.39 is 12.0 Å². The fourth-order valence-electron chi connectivity index (χ4n) is 5.74. The van der Waals surface area contributed by atoms with Crippen LogP contribution < -0.4 is 4.90 Å². The molecule has 2 aromatic carbocycles. The SMILES string of the molecule is CC1CN(c2ccnc3cc(-c4ccccc4)ccc23)CCC1C(=O)N1CCn2c(nnc2C(F)(F)F)C1. The van der Waals surface area contributed by atoms with E-state index >= 15 is 0 Å². The zero-order chi connectivity index (χ0) is 26.4. The Morgan fingerprint density at radius 3 is 2.55 bits per heavy atom. The number of nitrogens with zero attached hydrogens (tertiary/aromatic N) is 6. The van der Waals surface area contributed by atoms with Gasteiger partial charge in [-0.3, -0.25) is 9.78 Å². The van der Waals surface area contributed by atoms with Gasteiger partial charge in [-0.05, 0) is 35.6 Å². The zero-order valence-electron chi connectivity index (χ0n) is 20.9. The molecule has 0 saturated carbocycles. The predicted octanol–water partition coefficient (Wildman–Crippen LogP) is 5.02. The van der Waals surface area contributed by atoms with Crippen LogP contribution in [0.15, 0.2) is 60.8 Å². The zero-order valence-corrected chi connectivity index (χ0v) is 20.9. The Hall–Kier alpha value is -3.95. The second-order valence-electron chi connectivity index (χ2n) is 10.1. The minimum absolute atomic E-state index is 0.0213. The maximum absolute atomic E-state index is 13.4. The van der Waals surface area contributed by atoms with Crippen molar-refractivity contribution in [2.45, 2.75) is 32.6 Å². The second kappa shape index (κ2) is 9.41. The first-order valence-electron chi connectivity index (χ1n) is 12.8. The third kappa shape index (κ3) is 4.37.